The Balaban J connectivity index is 0.000000640. The van der Waals surface area contributed by atoms with Crippen LogP contribution < -0.4 is 0 Å². The molecule has 0 saturated heterocycles. The summed E-state index contributed by atoms with van der Waals surface area (Å²) in [6, 6.07) is 0. The summed E-state index contributed by atoms with van der Waals surface area (Å²) in [5.74, 6) is 0. The van der Waals surface area contributed by atoms with E-state index in [1.807, 2.05) is 0 Å². The van der Waals surface area contributed by atoms with Gasteiger partial charge in [0, 0.05) is 21.7 Å². The van der Waals surface area contributed by atoms with E-state index in [-0.39, 0.29) is 21.7 Å². The van der Waals surface area contributed by atoms with Gasteiger partial charge < -0.3 is 0 Å². The fraction of sp³-hybridized carbons (Fsp3) is 0.200. The Kier molecular flexibility index (Phi) is 4.53. The molecule has 0 spiro atoms. The standard InChI is InChI=1S/C5H2Cl3.Ti/c6-3-1-2-4(7)5(3)8;/h1H2;/q-1;. The Morgan fingerprint density at radius 1 is 1.22 bits per heavy atom. The summed E-state index contributed by atoms with van der Waals surface area (Å²) < 4.78 is 0. The fourth-order valence-electron chi connectivity index (χ4n) is 0.429. The van der Waals surface area contributed by atoms with E-state index in [2.05, 4.69) is 6.08 Å². The molecule has 0 unspecified atom stereocenters. The Hall–Kier alpha value is 1.06. The van der Waals surface area contributed by atoms with Gasteiger partial charge in [-0.15, -0.1) is 28.2 Å². The molecule has 0 saturated carbocycles. The molecule has 0 heterocycles. The summed E-state index contributed by atoms with van der Waals surface area (Å²) in [5.41, 5.74) is 0. The van der Waals surface area contributed by atoms with Crippen molar-refractivity contribution < 1.29 is 21.7 Å². The van der Waals surface area contributed by atoms with Crippen LogP contribution in [0.3, 0.4) is 0 Å². The minimum Gasteiger partial charge on any atom is -0.251 e. The normalized spacial score (nSPS) is 17.4. The molecule has 0 aliphatic heterocycles. The van der Waals surface area contributed by atoms with Crippen LogP contribution in [0, 0.1) is 6.08 Å². The van der Waals surface area contributed by atoms with E-state index < -0.39 is 0 Å². The average molecular weight is 216 g/mol. The predicted octanol–water partition coefficient (Wildman–Crippen LogP) is 3.00. The zero-order valence-corrected chi connectivity index (χ0v) is 8.17. The van der Waals surface area contributed by atoms with Gasteiger partial charge in [-0.25, -0.2) is 11.6 Å². The first-order chi connectivity index (χ1) is 3.72. The Bertz CT molecular complexity index is 166. The number of rotatable bonds is 0. The van der Waals surface area contributed by atoms with Crippen molar-refractivity contribution in [3.8, 4) is 0 Å². The average Bonchev–Trinajstić information content (AvgIpc) is 1.98. The van der Waals surface area contributed by atoms with E-state index in [1.54, 1.807) is 0 Å². The van der Waals surface area contributed by atoms with Crippen LogP contribution in [-0.4, -0.2) is 0 Å². The third-order valence-corrected chi connectivity index (χ3v) is 2.09. The predicted molar refractivity (Wildman–Crippen MR) is 36.0 cm³/mol. The molecule has 0 atom stereocenters. The van der Waals surface area contributed by atoms with Crippen molar-refractivity contribution in [1.29, 1.82) is 0 Å². The van der Waals surface area contributed by atoms with Crippen molar-refractivity contribution in [1.82, 2.24) is 0 Å². The monoisotopic (exact) mass is 215 g/mol. The van der Waals surface area contributed by atoms with Gasteiger partial charge in [-0.1, -0.05) is 16.5 Å². The molecule has 0 amide bonds. The molecule has 1 aliphatic rings. The van der Waals surface area contributed by atoms with Crippen molar-refractivity contribution in [2.75, 3.05) is 0 Å². The SMILES string of the molecule is ClC1=[C-]CC(Cl)=C1Cl.[Ti]. The molecule has 0 bridgehead atoms. The largest absolute Gasteiger partial charge is 0.251 e. The van der Waals surface area contributed by atoms with E-state index in [0.717, 1.165) is 0 Å². The molecule has 1 rings (SSSR count). The summed E-state index contributed by atoms with van der Waals surface area (Å²) in [7, 11) is 0. The van der Waals surface area contributed by atoms with Crippen LogP contribution in [0.4, 0.5) is 0 Å². The summed E-state index contributed by atoms with van der Waals surface area (Å²) in [6.45, 7) is 0. The van der Waals surface area contributed by atoms with Crippen LogP contribution in [0.2, 0.25) is 0 Å². The molecule has 0 aromatic heterocycles. The number of hydrogen-bond donors (Lipinski definition) is 0. The summed E-state index contributed by atoms with van der Waals surface area (Å²) in [5, 5.41) is 1.46. The molecule has 0 radical (unpaired) electrons. The second kappa shape index (κ2) is 4.05. The molecule has 0 N–H and O–H groups in total. The summed E-state index contributed by atoms with van der Waals surface area (Å²) in [6.07, 6.45) is 3.32. The number of allylic oxidation sites excluding steroid dienone is 4. The number of halogens is 3. The van der Waals surface area contributed by atoms with E-state index in [0.29, 0.717) is 21.5 Å². The molecule has 48 valence electrons. The third kappa shape index (κ3) is 2.29. The van der Waals surface area contributed by atoms with Gasteiger partial charge in [-0.2, -0.15) is 0 Å². The molecule has 0 aromatic carbocycles. The van der Waals surface area contributed by atoms with Gasteiger partial charge in [0.15, 0.2) is 0 Å². The molecule has 9 heavy (non-hydrogen) atoms. The van der Waals surface area contributed by atoms with Gasteiger partial charge >= 0.3 is 0 Å². The van der Waals surface area contributed by atoms with Crippen LogP contribution in [0.5, 0.6) is 0 Å². The Morgan fingerprint density at radius 2 is 1.78 bits per heavy atom. The summed E-state index contributed by atoms with van der Waals surface area (Å²) in [4.78, 5) is 0. The maximum atomic E-state index is 5.54. The molecule has 0 fully saturated rings. The van der Waals surface area contributed by atoms with Gasteiger partial charge in [0.1, 0.15) is 0 Å². The second-order valence-electron chi connectivity index (χ2n) is 1.39. The van der Waals surface area contributed by atoms with Crippen LogP contribution >= 0.6 is 34.8 Å². The zero-order valence-electron chi connectivity index (χ0n) is 4.34. The van der Waals surface area contributed by atoms with Crippen LogP contribution in [0.1, 0.15) is 6.42 Å². The smallest absolute Gasteiger partial charge is 0 e. The van der Waals surface area contributed by atoms with E-state index in [1.165, 1.54) is 0 Å². The van der Waals surface area contributed by atoms with Gasteiger partial charge in [-0.05, 0) is 0 Å². The van der Waals surface area contributed by atoms with Gasteiger partial charge in [0.25, 0.3) is 0 Å². The van der Waals surface area contributed by atoms with E-state index in [9.17, 15) is 0 Å². The molecular weight excluding hydrogens is 214 g/mol. The minimum atomic E-state index is 0. The molecule has 0 aromatic rings. The fourth-order valence-corrected chi connectivity index (χ4v) is 0.954. The van der Waals surface area contributed by atoms with E-state index >= 15 is 0 Å². The maximum absolute atomic E-state index is 5.54. The van der Waals surface area contributed by atoms with Gasteiger partial charge in [-0.3, -0.25) is 6.08 Å². The second-order valence-corrected chi connectivity index (χ2v) is 2.60. The first-order valence-corrected chi connectivity index (χ1v) is 3.16. The van der Waals surface area contributed by atoms with Crippen molar-refractivity contribution in [3.63, 3.8) is 0 Å². The minimum absolute atomic E-state index is 0. The quantitative estimate of drug-likeness (QED) is 0.431. The Labute approximate surface area is 83.7 Å². The first kappa shape index (κ1) is 10.1. The molecular formula is C5H2Cl3Ti-. The van der Waals surface area contributed by atoms with Crippen molar-refractivity contribution in [2.45, 2.75) is 6.42 Å². The summed E-state index contributed by atoms with van der Waals surface area (Å²) >= 11 is 16.6. The zero-order chi connectivity index (χ0) is 6.15. The van der Waals surface area contributed by atoms with Crippen molar-refractivity contribution in [2.24, 2.45) is 0 Å². The van der Waals surface area contributed by atoms with Crippen LogP contribution in [-0.2, 0) is 21.7 Å². The Morgan fingerprint density at radius 3 is 1.89 bits per heavy atom. The molecule has 4 heteroatoms. The number of hydrogen-bond acceptors (Lipinski definition) is 0. The molecule has 1 aliphatic carbocycles. The first-order valence-electron chi connectivity index (χ1n) is 2.02. The van der Waals surface area contributed by atoms with Gasteiger partial charge in [0.05, 0.1) is 0 Å². The van der Waals surface area contributed by atoms with Crippen LogP contribution in [0.25, 0.3) is 0 Å². The van der Waals surface area contributed by atoms with E-state index in [4.69, 9.17) is 34.8 Å². The third-order valence-electron chi connectivity index (χ3n) is 0.830. The van der Waals surface area contributed by atoms with Gasteiger partial charge in [0.2, 0.25) is 0 Å². The topological polar surface area (TPSA) is 0 Å². The molecule has 0 nitrogen and oxygen atoms in total. The van der Waals surface area contributed by atoms with Crippen molar-refractivity contribution >= 4 is 34.8 Å². The van der Waals surface area contributed by atoms with Crippen molar-refractivity contribution in [3.05, 3.63) is 21.2 Å². The van der Waals surface area contributed by atoms with Crippen LogP contribution in [0.15, 0.2) is 15.1 Å². The maximum Gasteiger partial charge on any atom is 0 e.